The molecule has 4 heteroatoms. The molecule has 1 heterocycles. The molecular formula is C17H20N3O+. The first-order chi connectivity index (χ1) is 10.4. The van der Waals surface area contributed by atoms with Gasteiger partial charge in [0.25, 0.3) is 5.84 Å². The maximum absolute atomic E-state index is 5.65. The number of para-hydroxylation sites is 1. The van der Waals surface area contributed by atoms with Crippen molar-refractivity contribution in [3.63, 3.8) is 0 Å². The van der Waals surface area contributed by atoms with Gasteiger partial charge in [0.2, 0.25) is 0 Å². The van der Waals surface area contributed by atoms with Crippen LogP contribution in [0.2, 0.25) is 0 Å². The molecule has 3 N–H and O–H groups in total. The highest BCUT2D eigenvalue weighted by Crippen LogP contribution is 2.03. The quantitative estimate of drug-likeness (QED) is 0.724. The molecule has 2 aromatic rings. The minimum absolute atomic E-state index is 0.293. The van der Waals surface area contributed by atoms with Gasteiger partial charge in [0.1, 0.15) is 12.6 Å². The van der Waals surface area contributed by atoms with Crippen molar-refractivity contribution in [2.45, 2.75) is 12.5 Å². The van der Waals surface area contributed by atoms with Crippen molar-refractivity contribution >= 4 is 11.5 Å². The van der Waals surface area contributed by atoms with Crippen LogP contribution in [0.4, 0.5) is 5.69 Å². The van der Waals surface area contributed by atoms with Gasteiger partial charge < -0.3 is 4.74 Å². The van der Waals surface area contributed by atoms with E-state index in [2.05, 4.69) is 40.1 Å². The van der Waals surface area contributed by atoms with Crippen LogP contribution in [0, 0.1) is 0 Å². The van der Waals surface area contributed by atoms with E-state index in [0.717, 1.165) is 24.6 Å². The number of ether oxygens (including phenoxy) is 1. The third-order valence-electron chi connectivity index (χ3n) is 3.40. The second-order valence-electron chi connectivity index (χ2n) is 5.14. The summed E-state index contributed by atoms with van der Waals surface area (Å²) in [7, 11) is 0. The molecule has 0 spiro atoms. The lowest BCUT2D eigenvalue weighted by atomic mass is 10.1. The summed E-state index contributed by atoms with van der Waals surface area (Å²) in [6.45, 7) is 1.30. The number of benzene rings is 2. The normalized spacial score (nSPS) is 17.9. The molecule has 0 amide bonds. The fraction of sp³-hybridized carbons (Fsp3) is 0.235. The highest BCUT2D eigenvalue weighted by atomic mass is 16.5. The zero-order valence-electron chi connectivity index (χ0n) is 11.9. The fourth-order valence-corrected chi connectivity index (χ4v) is 2.38. The predicted molar refractivity (Wildman–Crippen MR) is 83.9 cm³/mol. The van der Waals surface area contributed by atoms with E-state index in [1.807, 2.05) is 36.4 Å². The van der Waals surface area contributed by atoms with Crippen LogP contribution in [-0.2, 0) is 11.2 Å². The molecule has 0 fully saturated rings. The van der Waals surface area contributed by atoms with Crippen molar-refractivity contribution in [2.75, 3.05) is 18.6 Å². The van der Waals surface area contributed by atoms with Crippen LogP contribution in [0.1, 0.15) is 5.56 Å². The number of hydrogen-bond acceptors (Lipinski definition) is 3. The van der Waals surface area contributed by atoms with Gasteiger partial charge in [-0.1, -0.05) is 48.5 Å². The second kappa shape index (κ2) is 6.90. The smallest absolute Gasteiger partial charge is 0.292 e. The number of amidine groups is 1. The zero-order chi connectivity index (χ0) is 14.3. The van der Waals surface area contributed by atoms with Gasteiger partial charge in [0, 0.05) is 6.42 Å². The van der Waals surface area contributed by atoms with E-state index in [9.17, 15) is 0 Å². The van der Waals surface area contributed by atoms with Crippen LogP contribution in [-0.4, -0.2) is 25.1 Å². The lowest BCUT2D eigenvalue weighted by molar-refractivity contribution is -0.520. The maximum Gasteiger partial charge on any atom is 0.292 e. The molecule has 0 saturated heterocycles. The van der Waals surface area contributed by atoms with Gasteiger partial charge in [-0.15, -0.1) is 0 Å². The van der Waals surface area contributed by atoms with E-state index in [4.69, 9.17) is 4.74 Å². The standard InChI is InChI=1S/C17H19N3O/c1-3-7-14(8-4-1)11-16-12-21-13-17(18-16)20-19-15-9-5-2-6-10-15/h1-10,16,19H,11-13H2,(H,18,20)/p+1/t16-/m0/s1. The molecule has 21 heavy (non-hydrogen) atoms. The van der Waals surface area contributed by atoms with Crippen molar-refractivity contribution in [1.82, 2.24) is 5.43 Å². The van der Waals surface area contributed by atoms with Crippen LogP contribution < -0.4 is 15.8 Å². The molecule has 4 nitrogen and oxygen atoms in total. The summed E-state index contributed by atoms with van der Waals surface area (Å²) in [4.78, 5) is 3.49. The molecule has 0 saturated carbocycles. The predicted octanol–water partition coefficient (Wildman–Crippen LogP) is 0.724. The van der Waals surface area contributed by atoms with Gasteiger partial charge in [-0.05, 0) is 17.7 Å². The van der Waals surface area contributed by atoms with Crippen molar-refractivity contribution < 1.29 is 9.73 Å². The van der Waals surface area contributed by atoms with Gasteiger partial charge in [-0.3, -0.25) is 4.99 Å². The summed E-state index contributed by atoms with van der Waals surface area (Å²) in [6, 6.07) is 20.8. The number of hydrogen-bond donors (Lipinski definition) is 3. The van der Waals surface area contributed by atoms with E-state index in [1.54, 1.807) is 0 Å². The Morgan fingerprint density at radius 2 is 1.67 bits per heavy atom. The van der Waals surface area contributed by atoms with E-state index in [0.29, 0.717) is 12.6 Å². The monoisotopic (exact) mass is 282 g/mol. The molecule has 0 aromatic heterocycles. The molecule has 1 atom stereocenters. The molecule has 0 unspecified atom stereocenters. The maximum atomic E-state index is 5.65. The highest BCUT2D eigenvalue weighted by molar-refractivity contribution is 5.79. The Morgan fingerprint density at radius 3 is 2.43 bits per heavy atom. The first-order valence-electron chi connectivity index (χ1n) is 7.21. The molecule has 0 radical (unpaired) electrons. The van der Waals surface area contributed by atoms with Crippen LogP contribution in [0.25, 0.3) is 0 Å². The number of rotatable bonds is 4. The van der Waals surface area contributed by atoms with Crippen LogP contribution in [0.3, 0.4) is 0 Å². The summed E-state index contributed by atoms with van der Waals surface area (Å²) in [6.07, 6.45) is 0.956. The summed E-state index contributed by atoms with van der Waals surface area (Å²) >= 11 is 0. The van der Waals surface area contributed by atoms with Gasteiger partial charge in [0.05, 0.1) is 12.3 Å². The van der Waals surface area contributed by atoms with Crippen molar-refractivity contribution in [3.8, 4) is 0 Å². The lowest BCUT2D eigenvalue weighted by Crippen LogP contribution is -2.87. The first-order valence-corrected chi connectivity index (χ1v) is 7.21. The lowest BCUT2D eigenvalue weighted by Gasteiger charge is -2.18. The number of hydrazine groups is 1. The van der Waals surface area contributed by atoms with Crippen molar-refractivity contribution in [3.05, 3.63) is 66.2 Å². The van der Waals surface area contributed by atoms with Crippen LogP contribution in [0.5, 0.6) is 0 Å². The second-order valence-corrected chi connectivity index (χ2v) is 5.14. The highest BCUT2D eigenvalue weighted by Gasteiger charge is 2.20. The first kappa shape index (κ1) is 13.6. The molecule has 1 aliphatic rings. The van der Waals surface area contributed by atoms with Gasteiger partial charge in [0.15, 0.2) is 0 Å². The summed E-state index contributed by atoms with van der Waals surface area (Å²) in [5, 5.41) is 0. The topological polar surface area (TPSA) is 47.3 Å². The van der Waals surface area contributed by atoms with E-state index >= 15 is 0 Å². The summed E-state index contributed by atoms with van der Waals surface area (Å²) < 4.78 is 5.65. The molecule has 1 aliphatic heterocycles. The Kier molecular flexibility index (Phi) is 4.49. The summed E-state index contributed by atoms with van der Waals surface area (Å²) in [5.74, 6) is 0.964. The Bertz CT molecular complexity index is 583. The fourth-order valence-electron chi connectivity index (χ4n) is 2.38. The molecule has 0 aliphatic carbocycles. The van der Waals surface area contributed by atoms with Crippen molar-refractivity contribution in [1.29, 1.82) is 0 Å². The Morgan fingerprint density at radius 1 is 0.952 bits per heavy atom. The van der Waals surface area contributed by atoms with E-state index < -0.39 is 0 Å². The minimum atomic E-state index is 0.293. The largest absolute Gasteiger partial charge is 0.364 e. The Hall–Kier alpha value is -2.33. The molecule has 2 aromatic carbocycles. The van der Waals surface area contributed by atoms with Gasteiger partial charge in [-0.25, -0.2) is 5.43 Å². The average molecular weight is 282 g/mol. The Balaban J connectivity index is 1.58. The van der Waals surface area contributed by atoms with Gasteiger partial charge in [-0.2, -0.15) is 5.43 Å². The van der Waals surface area contributed by atoms with Crippen LogP contribution >= 0.6 is 0 Å². The Labute approximate surface area is 124 Å². The van der Waals surface area contributed by atoms with E-state index in [1.165, 1.54) is 5.56 Å². The molecule has 3 rings (SSSR count). The van der Waals surface area contributed by atoms with E-state index in [-0.39, 0.29) is 0 Å². The third kappa shape index (κ3) is 4.07. The SMILES string of the molecule is c1ccc(C[C@H]2COCC(NNc3ccccc3)=[NH+]2)cc1. The average Bonchev–Trinajstić information content (AvgIpc) is 2.55. The van der Waals surface area contributed by atoms with Crippen molar-refractivity contribution in [2.24, 2.45) is 0 Å². The molecule has 0 bridgehead atoms. The third-order valence-corrected chi connectivity index (χ3v) is 3.40. The molecule has 108 valence electrons. The number of nitrogens with one attached hydrogen (secondary N) is 3. The van der Waals surface area contributed by atoms with Gasteiger partial charge >= 0.3 is 0 Å². The summed E-state index contributed by atoms with van der Waals surface area (Å²) in [5.41, 5.74) is 8.69. The zero-order valence-corrected chi connectivity index (χ0v) is 11.9. The number of anilines is 1. The minimum Gasteiger partial charge on any atom is -0.364 e. The van der Waals surface area contributed by atoms with Crippen LogP contribution in [0.15, 0.2) is 60.7 Å². The molecular weight excluding hydrogens is 262 g/mol.